The average Bonchev–Trinajstić information content (AvgIpc) is 2.84. The van der Waals surface area contributed by atoms with E-state index in [1.54, 1.807) is 19.1 Å². The Morgan fingerprint density at radius 3 is 2.19 bits per heavy atom. The number of rotatable bonds is 7. The van der Waals surface area contributed by atoms with Gasteiger partial charge in [0.05, 0.1) is 0 Å². The normalized spacial score (nSPS) is 25.8. The van der Waals surface area contributed by atoms with Crippen molar-refractivity contribution in [2.24, 2.45) is 17.8 Å². The highest BCUT2D eigenvalue weighted by molar-refractivity contribution is 5.65. The van der Waals surface area contributed by atoms with E-state index >= 15 is 0 Å². The SMILES string of the molecule is CCCCCC1C=CC(C2CCC(c3ccc(-c4ccc(C)c(F)c4F)cc3)CC2)CC1. The molecule has 2 aliphatic rings. The van der Waals surface area contributed by atoms with E-state index < -0.39 is 11.6 Å². The van der Waals surface area contributed by atoms with Crippen molar-refractivity contribution in [2.45, 2.75) is 84.0 Å². The zero-order chi connectivity index (χ0) is 22.5. The van der Waals surface area contributed by atoms with Gasteiger partial charge in [-0.3, -0.25) is 0 Å². The highest BCUT2D eigenvalue weighted by Gasteiger charge is 2.29. The van der Waals surface area contributed by atoms with E-state index in [0.29, 0.717) is 17.0 Å². The summed E-state index contributed by atoms with van der Waals surface area (Å²) < 4.78 is 28.3. The van der Waals surface area contributed by atoms with Gasteiger partial charge in [0.1, 0.15) is 0 Å². The van der Waals surface area contributed by atoms with Crippen LogP contribution in [0.4, 0.5) is 8.78 Å². The average molecular weight is 437 g/mol. The van der Waals surface area contributed by atoms with Crippen LogP contribution in [-0.2, 0) is 0 Å². The van der Waals surface area contributed by atoms with Crippen molar-refractivity contribution in [2.75, 3.05) is 0 Å². The van der Waals surface area contributed by atoms with Gasteiger partial charge in [0.15, 0.2) is 11.6 Å². The molecule has 0 spiro atoms. The first-order valence-corrected chi connectivity index (χ1v) is 12.8. The molecule has 32 heavy (non-hydrogen) atoms. The lowest BCUT2D eigenvalue weighted by atomic mass is 9.70. The van der Waals surface area contributed by atoms with Crippen molar-refractivity contribution in [1.29, 1.82) is 0 Å². The van der Waals surface area contributed by atoms with E-state index in [2.05, 4.69) is 31.2 Å². The smallest absolute Gasteiger partial charge is 0.166 e. The minimum absolute atomic E-state index is 0.347. The molecule has 2 aromatic carbocycles. The molecule has 172 valence electrons. The van der Waals surface area contributed by atoms with Crippen molar-refractivity contribution >= 4 is 0 Å². The molecule has 2 heteroatoms. The summed E-state index contributed by atoms with van der Waals surface area (Å²) in [6.45, 7) is 3.87. The van der Waals surface area contributed by atoms with Crippen LogP contribution in [0.5, 0.6) is 0 Å². The molecule has 0 aromatic heterocycles. The summed E-state index contributed by atoms with van der Waals surface area (Å²) in [4.78, 5) is 0. The van der Waals surface area contributed by atoms with Crippen LogP contribution in [0.1, 0.15) is 88.2 Å². The van der Waals surface area contributed by atoms with Gasteiger partial charge in [-0.1, -0.05) is 74.7 Å². The van der Waals surface area contributed by atoms with Gasteiger partial charge in [-0.05, 0) is 92.2 Å². The fraction of sp³-hybridized carbons (Fsp3) is 0.533. The summed E-state index contributed by atoms with van der Waals surface area (Å²) in [7, 11) is 0. The van der Waals surface area contributed by atoms with Crippen LogP contribution in [0.3, 0.4) is 0 Å². The van der Waals surface area contributed by atoms with Gasteiger partial charge in [0, 0.05) is 5.56 Å². The van der Waals surface area contributed by atoms with Crippen molar-refractivity contribution in [1.82, 2.24) is 0 Å². The van der Waals surface area contributed by atoms with E-state index in [1.165, 1.54) is 69.8 Å². The lowest BCUT2D eigenvalue weighted by molar-refractivity contribution is 0.239. The predicted octanol–water partition coefficient (Wildman–Crippen LogP) is 9.38. The molecule has 0 bridgehead atoms. The van der Waals surface area contributed by atoms with E-state index in [1.807, 2.05) is 12.1 Å². The first-order valence-electron chi connectivity index (χ1n) is 12.8. The summed E-state index contributed by atoms with van der Waals surface area (Å²) in [5, 5.41) is 0. The minimum atomic E-state index is -0.744. The zero-order valence-corrected chi connectivity index (χ0v) is 19.8. The van der Waals surface area contributed by atoms with E-state index in [4.69, 9.17) is 0 Å². The third-order valence-electron chi connectivity index (χ3n) is 8.03. The third-order valence-corrected chi connectivity index (χ3v) is 8.03. The standard InChI is InChI=1S/C30H38F2/c1-3-4-5-6-22-8-10-23(11-9-22)24-12-14-25(15-13-24)26-16-18-27(19-17-26)28-20-7-21(2)29(31)30(28)32/h7-8,10,16-20,22-25H,3-6,9,11-15H2,1-2H3. The molecule has 0 nitrogen and oxygen atoms in total. The Balaban J connectivity index is 1.31. The summed E-state index contributed by atoms with van der Waals surface area (Å²) >= 11 is 0. The van der Waals surface area contributed by atoms with Crippen LogP contribution in [0.25, 0.3) is 11.1 Å². The number of halogens is 2. The van der Waals surface area contributed by atoms with Crippen molar-refractivity contribution < 1.29 is 8.78 Å². The van der Waals surface area contributed by atoms with E-state index in [9.17, 15) is 8.78 Å². The minimum Gasteiger partial charge on any atom is -0.203 e. The molecule has 2 unspecified atom stereocenters. The van der Waals surface area contributed by atoms with E-state index in [0.717, 1.165) is 23.3 Å². The Bertz CT molecular complexity index is 903. The molecule has 1 fully saturated rings. The Labute approximate surface area is 193 Å². The van der Waals surface area contributed by atoms with E-state index in [-0.39, 0.29) is 0 Å². The lowest BCUT2D eigenvalue weighted by Gasteiger charge is -2.35. The van der Waals surface area contributed by atoms with Gasteiger partial charge in [-0.2, -0.15) is 0 Å². The number of allylic oxidation sites excluding steroid dienone is 2. The third kappa shape index (κ3) is 5.33. The van der Waals surface area contributed by atoms with Crippen molar-refractivity contribution in [3.8, 4) is 11.1 Å². The molecule has 4 rings (SSSR count). The topological polar surface area (TPSA) is 0 Å². The maximum atomic E-state index is 14.3. The summed E-state index contributed by atoms with van der Waals surface area (Å²) in [6.07, 6.45) is 18.4. The second kappa shape index (κ2) is 10.8. The highest BCUT2D eigenvalue weighted by Crippen LogP contribution is 2.42. The number of unbranched alkanes of at least 4 members (excludes halogenated alkanes) is 2. The fourth-order valence-corrected chi connectivity index (χ4v) is 5.87. The second-order valence-electron chi connectivity index (χ2n) is 10.2. The molecule has 2 atom stereocenters. The molecular weight excluding hydrogens is 398 g/mol. The summed E-state index contributed by atoms with van der Waals surface area (Å²) in [6, 6.07) is 11.5. The largest absolute Gasteiger partial charge is 0.203 e. The molecular formula is C30H38F2. The van der Waals surface area contributed by atoms with Gasteiger partial charge in [0.25, 0.3) is 0 Å². The predicted molar refractivity (Wildman–Crippen MR) is 131 cm³/mol. The molecule has 0 amide bonds. The van der Waals surface area contributed by atoms with Crippen molar-refractivity contribution in [3.63, 3.8) is 0 Å². The maximum absolute atomic E-state index is 14.3. The highest BCUT2D eigenvalue weighted by atomic mass is 19.2. The summed E-state index contributed by atoms with van der Waals surface area (Å²) in [5.41, 5.74) is 2.79. The van der Waals surface area contributed by atoms with Crippen LogP contribution < -0.4 is 0 Å². The lowest BCUT2D eigenvalue weighted by Crippen LogP contribution is -2.22. The molecule has 2 aromatic rings. The molecule has 0 radical (unpaired) electrons. The molecule has 2 aliphatic carbocycles. The number of aryl methyl sites for hydroxylation is 1. The van der Waals surface area contributed by atoms with Gasteiger partial charge in [0.2, 0.25) is 0 Å². The Morgan fingerprint density at radius 1 is 0.781 bits per heavy atom. The Hall–Kier alpha value is -1.96. The van der Waals surface area contributed by atoms with Gasteiger partial charge < -0.3 is 0 Å². The van der Waals surface area contributed by atoms with Gasteiger partial charge >= 0.3 is 0 Å². The second-order valence-corrected chi connectivity index (χ2v) is 10.2. The molecule has 0 heterocycles. The van der Waals surface area contributed by atoms with Crippen LogP contribution >= 0.6 is 0 Å². The quantitative estimate of drug-likeness (QED) is 0.299. The maximum Gasteiger partial charge on any atom is 0.166 e. The Kier molecular flexibility index (Phi) is 7.81. The molecule has 1 saturated carbocycles. The zero-order valence-electron chi connectivity index (χ0n) is 19.8. The molecule has 0 aliphatic heterocycles. The molecule has 0 N–H and O–H groups in total. The van der Waals surface area contributed by atoms with Crippen LogP contribution in [0, 0.1) is 36.3 Å². The van der Waals surface area contributed by atoms with Crippen LogP contribution in [0.15, 0.2) is 48.6 Å². The number of hydrogen-bond donors (Lipinski definition) is 0. The monoisotopic (exact) mass is 436 g/mol. The Morgan fingerprint density at radius 2 is 1.53 bits per heavy atom. The number of benzene rings is 2. The number of hydrogen-bond acceptors (Lipinski definition) is 0. The summed E-state index contributed by atoms with van der Waals surface area (Å²) in [5.74, 6) is 1.54. The van der Waals surface area contributed by atoms with Crippen LogP contribution in [-0.4, -0.2) is 0 Å². The molecule has 0 saturated heterocycles. The first-order chi connectivity index (χ1) is 15.6. The van der Waals surface area contributed by atoms with Gasteiger partial charge in [-0.15, -0.1) is 0 Å². The fourth-order valence-electron chi connectivity index (χ4n) is 5.87. The van der Waals surface area contributed by atoms with Crippen LogP contribution in [0.2, 0.25) is 0 Å². The van der Waals surface area contributed by atoms with Gasteiger partial charge in [-0.25, -0.2) is 8.78 Å². The van der Waals surface area contributed by atoms with Crippen molar-refractivity contribution in [3.05, 3.63) is 71.3 Å². The first kappa shape index (κ1) is 23.2.